The molecule has 0 bridgehead atoms. The van der Waals surface area contributed by atoms with Crippen molar-refractivity contribution in [3.8, 4) is 5.75 Å². The zero-order chi connectivity index (χ0) is 17.6. The number of aromatic hydroxyl groups is 1. The van der Waals surface area contributed by atoms with Crippen molar-refractivity contribution < 1.29 is 19.8 Å². The number of phenols is 1. The molecule has 4 aromatic rings. The molecule has 2 heterocycles. The molecule has 0 aliphatic carbocycles. The fourth-order valence-electron chi connectivity index (χ4n) is 2.85. The van der Waals surface area contributed by atoms with Crippen molar-refractivity contribution in [3.05, 3.63) is 60.4 Å². The molecule has 0 fully saturated rings. The third kappa shape index (κ3) is 2.47. The average molecular weight is 335 g/mol. The topological polar surface area (TPSA) is 109 Å². The summed E-state index contributed by atoms with van der Waals surface area (Å²) in [7, 11) is 0. The van der Waals surface area contributed by atoms with Crippen LogP contribution in [0.4, 0.5) is 10.5 Å². The van der Waals surface area contributed by atoms with E-state index in [4.69, 9.17) is 0 Å². The summed E-state index contributed by atoms with van der Waals surface area (Å²) in [5, 5.41) is 20.5. The number of imide groups is 1. The number of hydrogen-bond donors (Lipinski definition) is 4. The molecular formula is C18H13N3O4. The van der Waals surface area contributed by atoms with Gasteiger partial charge in [0, 0.05) is 28.0 Å². The number of aromatic nitrogens is 2. The number of carbonyl (C=O) groups excluding carboxylic acids is 1. The van der Waals surface area contributed by atoms with Crippen LogP contribution in [0.5, 0.6) is 5.75 Å². The Hall–Kier alpha value is -3.74. The second kappa shape index (κ2) is 5.41. The van der Waals surface area contributed by atoms with Crippen molar-refractivity contribution in [2.24, 2.45) is 0 Å². The SMILES string of the molecule is O=C(O)N(C(=O)c1cc2cc(O)ccc2[nH]1)c1ccc2[nH]ccc2c1. The summed E-state index contributed by atoms with van der Waals surface area (Å²) >= 11 is 0. The average Bonchev–Trinajstić information content (AvgIpc) is 3.19. The Kier molecular flexibility index (Phi) is 3.21. The Morgan fingerprint density at radius 3 is 2.52 bits per heavy atom. The van der Waals surface area contributed by atoms with Crippen molar-refractivity contribution in [3.63, 3.8) is 0 Å². The van der Waals surface area contributed by atoms with Gasteiger partial charge in [0.25, 0.3) is 5.91 Å². The van der Waals surface area contributed by atoms with Gasteiger partial charge < -0.3 is 20.2 Å². The molecule has 0 atom stereocenters. The van der Waals surface area contributed by atoms with Gasteiger partial charge in [-0.2, -0.15) is 0 Å². The number of anilines is 1. The molecule has 0 spiro atoms. The Labute approximate surface area is 141 Å². The van der Waals surface area contributed by atoms with Gasteiger partial charge in [-0.05, 0) is 48.5 Å². The van der Waals surface area contributed by atoms with Gasteiger partial charge in [0.2, 0.25) is 0 Å². The molecule has 2 aromatic carbocycles. The summed E-state index contributed by atoms with van der Waals surface area (Å²) in [5.41, 5.74) is 1.86. The maximum Gasteiger partial charge on any atom is 0.419 e. The lowest BCUT2D eigenvalue weighted by Gasteiger charge is -2.16. The predicted octanol–water partition coefficient (Wildman–Crippen LogP) is 3.68. The molecule has 4 rings (SSSR count). The summed E-state index contributed by atoms with van der Waals surface area (Å²) in [6, 6.07) is 12.8. The molecule has 0 saturated carbocycles. The van der Waals surface area contributed by atoms with E-state index in [1.807, 2.05) is 0 Å². The highest BCUT2D eigenvalue weighted by molar-refractivity contribution is 6.19. The number of carbonyl (C=O) groups is 2. The quantitative estimate of drug-likeness (QED) is 0.448. The molecule has 2 aromatic heterocycles. The molecule has 0 radical (unpaired) electrons. The third-order valence-electron chi connectivity index (χ3n) is 4.02. The van der Waals surface area contributed by atoms with Gasteiger partial charge in [-0.15, -0.1) is 0 Å². The number of carboxylic acid groups (broad SMARTS) is 1. The fourth-order valence-corrected chi connectivity index (χ4v) is 2.85. The van der Waals surface area contributed by atoms with Crippen LogP contribution in [0.25, 0.3) is 21.8 Å². The molecule has 0 saturated heterocycles. The second-order valence-electron chi connectivity index (χ2n) is 5.63. The van der Waals surface area contributed by atoms with Gasteiger partial charge in [-0.3, -0.25) is 4.79 Å². The van der Waals surface area contributed by atoms with E-state index in [0.717, 1.165) is 10.9 Å². The van der Waals surface area contributed by atoms with Gasteiger partial charge in [0.1, 0.15) is 11.4 Å². The number of phenolic OH excluding ortho intramolecular Hbond substituents is 1. The highest BCUT2D eigenvalue weighted by atomic mass is 16.4. The highest BCUT2D eigenvalue weighted by Crippen LogP contribution is 2.25. The highest BCUT2D eigenvalue weighted by Gasteiger charge is 2.26. The first-order chi connectivity index (χ1) is 12.0. The number of nitrogens with one attached hydrogen (secondary N) is 2. The molecule has 4 N–H and O–H groups in total. The van der Waals surface area contributed by atoms with E-state index in [2.05, 4.69) is 9.97 Å². The van der Waals surface area contributed by atoms with Gasteiger partial charge in [-0.25, -0.2) is 9.69 Å². The van der Waals surface area contributed by atoms with E-state index in [1.165, 1.54) is 18.2 Å². The van der Waals surface area contributed by atoms with Gasteiger partial charge in [0.15, 0.2) is 0 Å². The first-order valence-corrected chi connectivity index (χ1v) is 7.49. The van der Waals surface area contributed by atoms with E-state index in [-0.39, 0.29) is 17.1 Å². The lowest BCUT2D eigenvalue weighted by atomic mass is 10.2. The lowest BCUT2D eigenvalue weighted by molar-refractivity contribution is 0.0979. The number of hydrogen-bond acceptors (Lipinski definition) is 3. The maximum absolute atomic E-state index is 12.8. The minimum Gasteiger partial charge on any atom is -0.508 e. The van der Waals surface area contributed by atoms with Crippen LogP contribution in [-0.4, -0.2) is 32.2 Å². The summed E-state index contributed by atoms with van der Waals surface area (Å²) in [6.07, 6.45) is 0.368. The summed E-state index contributed by atoms with van der Waals surface area (Å²) in [5.74, 6) is -0.628. The van der Waals surface area contributed by atoms with Crippen molar-refractivity contribution in [1.29, 1.82) is 0 Å². The summed E-state index contributed by atoms with van der Waals surface area (Å²) in [4.78, 5) is 31.1. The summed E-state index contributed by atoms with van der Waals surface area (Å²) in [6.45, 7) is 0. The largest absolute Gasteiger partial charge is 0.508 e. The number of aromatic amines is 2. The molecule has 0 unspecified atom stereocenters. The summed E-state index contributed by atoms with van der Waals surface area (Å²) < 4.78 is 0. The Morgan fingerprint density at radius 1 is 0.920 bits per heavy atom. The lowest BCUT2D eigenvalue weighted by Crippen LogP contribution is -2.36. The van der Waals surface area contributed by atoms with E-state index in [9.17, 15) is 19.8 Å². The van der Waals surface area contributed by atoms with E-state index in [0.29, 0.717) is 15.8 Å². The van der Waals surface area contributed by atoms with Crippen molar-refractivity contribution >= 4 is 39.5 Å². The minimum absolute atomic E-state index is 0.0681. The van der Waals surface area contributed by atoms with Crippen LogP contribution in [0.3, 0.4) is 0 Å². The number of benzene rings is 2. The number of rotatable bonds is 2. The van der Waals surface area contributed by atoms with Crippen LogP contribution >= 0.6 is 0 Å². The third-order valence-corrected chi connectivity index (χ3v) is 4.02. The molecule has 0 aliphatic heterocycles. The van der Waals surface area contributed by atoms with Crippen molar-refractivity contribution in [1.82, 2.24) is 9.97 Å². The first-order valence-electron chi connectivity index (χ1n) is 7.49. The van der Waals surface area contributed by atoms with Crippen molar-refractivity contribution in [2.45, 2.75) is 0 Å². The van der Waals surface area contributed by atoms with E-state index < -0.39 is 12.0 Å². The number of H-pyrrole nitrogens is 2. The second-order valence-corrected chi connectivity index (χ2v) is 5.63. The first kappa shape index (κ1) is 14.8. The number of fused-ring (bicyclic) bond motifs is 2. The molecule has 7 heteroatoms. The van der Waals surface area contributed by atoms with Gasteiger partial charge in [0.05, 0.1) is 5.69 Å². The Morgan fingerprint density at radius 2 is 1.72 bits per heavy atom. The number of amides is 2. The van der Waals surface area contributed by atoms with E-state index in [1.54, 1.807) is 36.5 Å². The van der Waals surface area contributed by atoms with Gasteiger partial charge in [-0.1, -0.05) is 0 Å². The predicted molar refractivity (Wildman–Crippen MR) is 93.1 cm³/mol. The monoisotopic (exact) mass is 335 g/mol. The van der Waals surface area contributed by atoms with Crippen LogP contribution in [0.1, 0.15) is 10.5 Å². The molecular weight excluding hydrogens is 322 g/mol. The zero-order valence-electron chi connectivity index (χ0n) is 12.9. The standard InChI is InChI=1S/C18H13N3O4/c22-13-2-4-15-11(8-13)9-16(20-15)17(23)21(18(24)25)12-1-3-14-10(7-12)5-6-19-14/h1-9,19-20,22H,(H,24,25). The Bertz CT molecular complexity index is 1130. The van der Waals surface area contributed by atoms with Crippen LogP contribution in [0, 0.1) is 0 Å². The molecule has 0 aliphatic rings. The maximum atomic E-state index is 12.8. The minimum atomic E-state index is -1.37. The number of nitrogens with zero attached hydrogens (tertiary/aromatic N) is 1. The smallest absolute Gasteiger partial charge is 0.419 e. The van der Waals surface area contributed by atoms with Crippen LogP contribution in [0.2, 0.25) is 0 Å². The fraction of sp³-hybridized carbons (Fsp3) is 0. The molecule has 25 heavy (non-hydrogen) atoms. The van der Waals surface area contributed by atoms with Crippen LogP contribution in [0.15, 0.2) is 54.7 Å². The Balaban J connectivity index is 1.78. The molecule has 7 nitrogen and oxygen atoms in total. The molecule has 124 valence electrons. The van der Waals surface area contributed by atoms with Crippen LogP contribution in [-0.2, 0) is 0 Å². The van der Waals surface area contributed by atoms with Gasteiger partial charge >= 0.3 is 6.09 Å². The van der Waals surface area contributed by atoms with Crippen molar-refractivity contribution in [2.75, 3.05) is 4.90 Å². The zero-order valence-corrected chi connectivity index (χ0v) is 12.9. The normalized spacial score (nSPS) is 11.0. The van der Waals surface area contributed by atoms with E-state index >= 15 is 0 Å². The van der Waals surface area contributed by atoms with Crippen LogP contribution < -0.4 is 4.90 Å². The molecule has 2 amide bonds.